The van der Waals surface area contributed by atoms with E-state index in [2.05, 4.69) is 14.7 Å². The molecular formula is C17H10Cl2F3N3O2S. The molecule has 0 aliphatic carbocycles. The number of nitrogens with one attached hydrogen (secondary N) is 1. The lowest BCUT2D eigenvalue weighted by Crippen LogP contribution is -2.16. The van der Waals surface area contributed by atoms with Crippen LogP contribution >= 0.6 is 23.2 Å². The highest BCUT2D eigenvalue weighted by Gasteiger charge is 2.32. The van der Waals surface area contributed by atoms with E-state index in [1.165, 1.54) is 0 Å². The summed E-state index contributed by atoms with van der Waals surface area (Å²) >= 11 is 11.9. The summed E-state index contributed by atoms with van der Waals surface area (Å²) in [6, 6.07) is 9.64. The number of aromatic nitrogens is 2. The van der Waals surface area contributed by atoms with Gasteiger partial charge in [0.2, 0.25) is 0 Å². The lowest BCUT2D eigenvalue weighted by molar-refractivity contribution is -0.137. The molecule has 0 spiro atoms. The van der Waals surface area contributed by atoms with Crippen LogP contribution in [-0.4, -0.2) is 18.4 Å². The number of anilines is 1. The highest BCUT2D eigenvalue weighted by atomic mass is 35.5. The fourth-order valence-corrected chi connectivity index (χ4v) is 3.77. The number of alkyl halides is 3. The van der Waals surface area contributed by atoms with Crippen molar-refractivity contribution in [3.63, 3.8) is 0 Å². The molecule has 0 aliphatic heterocycles. The molecule has 1 N–H and O–H groups in total. The minimum Gasteiger partial charge on any atom is -0.263 e. The monoisotopic (exact) mass is 447 g/mol. The van der Waals surface area contributed by atoms with E-state index in [9.17, 15) is 21.6 Å². The zero-order valence-corrected chi connectivity index (χ0v) is 16.0. The van der Waals surface area contributed by atoms with Gasteiger partial charge < -0.3 is 0 Å². The van der Waals surface area contributed by atoms with Crippen LogP contribution < -0.4 is 4.72 Å². The fraction of sp³-hybridized carbons (Fsp3) is 0.0588. The lowest BCUT2D eigenvalue weighted by Gasteiger charge is -2.14. The SMILES string of the molecule is O=S(=O)(Nc1ncnc(Cl)c1-c1ccc(Cl)cc1)c1cccc(C(F)(F)F)c1. The molecule has 0 saturated heterocycles. The van der Waals surface area contributed by atoms with Gasteiger partial charge in [-0.15, -0.1) is 0 Å². The maximum absolute atomic E-state index is 12.9. The second-order valence-corrected chi connectivity index (χ2v) is 8.00. The zero-order valence-electron chi connectivity index (χ0n) is 13.7. The molecule has 2 aromatic carbocycles. The van der Waals surface area contributed by atoms with Crippen LogP contribution in [0.15, 0.2) is 59.8 Å². The van der Waals surface area contributed by atoms with Crippen LogP contribution in [0.4, 0.5) is 19.0 Å². The Bertz CT molecular complexity index is 1120. The molecule has 1 aromatic heterocycles. The van der Waals surface area contributed by atoms with E-state index in [1.54, 1.807) is 24.3 Å². The first-order valence-electron chi connectivity index (χ1n) is 7.54. The van der Waals surface area contributed by atoms with Crippen LogP contribution in [0.2, 0.25) is 10.2 Å². The van der Waals surface area contributed by atoms with E-state index in [1.807, 2.05) is 0 Å². The Morgan fingerprint density at radius 3 is 2.29 bits per heavy atom. The largest absolute Gasteiger partial charge is 0.416 e. The molecule has 0 fully saturated rings. The minimum atomic E-state index is -4.68. The number of nitrogens with zero attached hydrogens (tertiary/aromatic N) is 2. The normalized spacial score (nSPS) is 12.0. The molecule has 1 heterocycles. The maximum atomic E-state index is 12.9. The minimum absolute atomic E-state index is 0.0425. The van der Waals surface area contributed by atoms with Crippen LogP contribution in [0.3, 0.4) is 0 Å². The third-order valence-corrected chi connectivity index (χ3v) is 5.51. The number of rotatable bonds is 4. The van der Waals surface area contributed by atoms with Gasteiger partial charge in [0, 0.05) is 5.02 Å². The molecule has 5 nitrogen and oxygen atoms in total. The average molecular weight is 448 g/mol. The summed E-state index contributed by atoms with van der Waals surface area (Å²) < 4.78 is 66.1. The molecule has 3 aromatic rings. The fourth-order valence-electron chi connectivity index (χ4n) is 2.34. The predicted octanol–water partition coefficient (Wildman–Crippen LogP) is 5.27. The number of halogens is 5. The third-order valence-electron chi connectivity index (χ3n) is 3.64. The van der Waals surface area contributed by atoms with E-state index in [-0.39, 0.29) is 16.5 Å². The summed E-state index contributed by atoms with van der Waals surface area (Å²) in [6.07, 6.45) is -3.65. The van der Waals surface area contributed by atoms with Gasteiger partial charge in [0.15, 0.2) is 5.82 Å². The van der Waals surface area contributed by atoms with Crippen molar-refractivity contribution in [1.82, 2.24) is 9.97 Å². The summed E-state index contributed by atoms with van der Waals surface area (Å²) in [5, 5.41) is 0.405. The molecule has 146 valence electrons. The van der Waals surface area contributed by atoms with Crippen LogP contribution in [0.1, 0.15) is 5.56 Å². The first-order valence-corrected chi connectivity index (χ1v) is 9.78. The Hall–Kier alpha value is -2.36. The van der Waals surface area contributed by atoms with Crippen molar-refractivity contribution in [3.8, 4) is 11.1 Å². The van der Waals surface area contributed by atoms with Crippen molar-refractivity contribution >= 4 is 39.0 Å². The molecule has 0 bridgehead atoms. The molecule has 0 amide bonds. The lowest BCUT2D eigenvalue weighted by atomic mass is 10.1. The van der Waals surface area contributed by atoms with Gasteiger partial charge in [-0.2, -0.15) is 13.2 Å². The predicted molar refractivity (Wildman–Crippen MR) is 99.7 cm³/mol. The molecule has 3 rings (SSSR count). The van der Waals surface area contributed by atoms with E-state index in [4.69, 9.17) is 23.2 Å². The molecule has 0 aliphatic rings. The van der Waals surface area contributed by atoms with E-state index in [0.717, 1.165) is 24.5 Å². The van der Waals surface area contributed by atoms with Crippen LogP contribution in [0.25, 0.3) is 11.1 Å². The van der Waals surface area contributed by atoms with Crippen LogP contribution in [-0.2, 0) is 16.2 Å². The Balaban J connectivity index is 2.05. The van der Waals surface area contributed by atoms with Crippen LogP contribution in [0, 0.1) is 0 Å². The Morgan fingerprint density at radius 2 is 1.64 bits per heavy atom. The van der Waals surface area contributed by atoms with Crippen molar-refractivity contribution in [1.29, 1.82) is 0 Å². The van der Waals surface area contributed by atoms with Crippen molar-refractivity contribution in [2.45, 2.75) is 11.1 Å². The summed E-state index contributed by atoms with van der Waals surface area (Å²) in [5.74, 6) is -0.181. The smallest absolute Gasteiger partial charge is 0.263 e. The van der Waals surface area contributed by atoms with E-state index >= 15 is 0 Å². The molecule has 28 heavy (non-hydrogen) atoms. The summed E-state index contributed by atoms with van der Waals surface area (Å²) in [4.78, 5) is 7.13. The first kappa shape index (κ1) is 20.4. The van der Waals surface area contributed by atoms with Crippen molar-refractivity contribution < 1.29 is 21.6 Å². The molecule has 0 radical (unpaired) electrons. The number of sulfonamides is 1. The van der Waals surface area contributed by atoms with E-state index in [0.29, 0.717) is 16.7 Å². The topological polar surface area (TPSA) is 72.0 Å². The van der Waals surface area contributed by atoms with Crippen molar-refractivity contribution in [2.24, 2.45) is 0 Å². The quantitative estimate of drug-likeness (QED) is 0.552. The van der Waals surface area contributed by atoms with E-state index < -0.39 is 26.7 Å². The van der Waals surface area contributed by atoms with Gasteiger partial charge in [0.1, 0.15) is 11.5 Å². The van der Waals surface area contributed by atoms with Gasteiger partial charge in [-0.25, -0.2) is 18.4 Å². The summed E-state index contributed by atoms with van der Waals surface area (Å²) in [6.45, 7) is 0. The second kappa shape index (κ2) is 7.57. The molecule has 0 saturated carbocycles. The highest BCUT2D eigenvalue weighted by Crippen LogP contribution is 2.34. The highest BCUT2D eigenvalue weighted by molar-refractivity contribution is 7.92. The Morgan fingerprint density at radius 1 is 0.964 bits per heavy atom. The van der Waals surface area contributed by atoms with Gasteiger partial charge in [-0.3, -0.25) is 4.72 Å². The molecular weight excluding hydrogens is 438 g/mol. The molecule has 0 unspecified atom stereocenters. The summed E-state index contributed by atoms with van der Waals surface area (Å²) in [7, 11) is -4.38. The molecule has 0 atom stereocenters. The number of benzene rings is 2. The van der Waals surface area contributed by atoms with Gasteiger partial charge >= 0.3 is 6.18 Å². The number of hydrogen-bond donors (Lipinski definition) is 1. The maximum Gasteiger partial charge on any atom is 0.416 e. The zero-order chi connectivity index (χ0) is 20.5. The second-order valence-electron chi connectivity index (χ2n) is 5.53. The summed E-state index contributed by atoms with van der Waals surface area (Å²) in [5.41, 5.74) is -0.456. The van der Waals surface area contributed by atoms with Crippen molar-refractivity contribution in [2.75, 3.05) is 4.72 Å². The van der Waals surface area contributed by atoms with Crippen LogP contribution in [0.5, 0.6) is 0 Å². The van der Waals surface area contributed by atoms with Gasteiger partial charge in [-0.05, 0) is 35.9 Å². The Kier molecular flexibility index (Phi) is 5.51. The number of hydrogen-bond acceptors (Lipinski definition) is 4. The Labute approximate surface area is 168 Å². The van der Waals surface area contributed by atoms with Gasteiger partial charge in [0.25, 0.3) is 10.0 Å². The average Bonchev–Trinajstić information content (AvgIpc) is 2.62. The van der Waals surface area contributed by atoms with Gasteiger partial charge in [-0.1, -0.05) is 41.4 Å². The molecule has 11 heteroatoms. The third kappa shape index (κ3) is 4.37. The first-order chi connectivity index (χ1) is 13.1. The van der Waals surface area contributed by atoms with Gasteiger partial charge in [0.05, 0.1) is 16.0 Å². The standard InChI is InChI=1S/C17H10Cl2F3N3O2S/c18-12-6-4-10(5-7-12)14-15(19)23-9-24-16(14)25-28(26,27)13-3-1-2-11(8-13)17(20,21)22/h1-9H,(H,23,24,25). The van der Waals surface area contributed by atoms with Crippen molar-refractivity contribution in [3.05, 3.63) is 70.6 Å².